The fourth-order valence-corrected chi connectivity index (χ4v) is 1.31. The summed E-state index contributed by atoms with van der Waals surface area (Å²) in [6, 6.07) is 5.61. The third kappa shape index (κ3) is 1.96. The Morgan fingerprint density at radius 3 is 2.43 bits per heavy atom. The Labute approximate surface area is 83.8 Å². The summed E-state index contributed by atoms with van der Waals surface area (Å²) >= 11 is 0. The maximum Gasteiger partial charge on any atom is 0.165 e. The van der Waals surface area contributed by atoms with Gasteiger partial charge in [-0.15, -0.1) is 0 Å². The molecule has 0 atom stereocenters. The van der Waals surface area contributed by atoms with Crippen LogP contribution in [0.1, 0.15) is 16.7 Å². The van der Waals surface area contributed by atoms with Crippen LogP contribution < -0.4 is 0 Å². The lowest BCUT2D eigenvalue weighted by Gasteiger charge is -2.06. The minimum atomic E-state index is -0.197. The molecular weight excluding hydrogens is 176 g/mol. The van der Waals surface area contributed by atoms with Crippen molar-refractivity contribution in [3.8, 4) is 0 Å². The van der Waals surface area contributed by atoms with E-state index in [1.807, 2.05) is 26.0 Å². The van der Waals surface area contributed by atoms with Crippen molar-refractivity contribution in [2.75, 3.05) is 0 Å². The predicted octanol–water partition coefficient (Wildman–Crippen LogP) is 3.27. The molecule has 0 unspecified atom stereocenters. The molecule has 0 aromatic heterocycles. The highest BCUT2D eigenvalue weighted by molar-refractivity contribution is 5.65. The molecular formula is C12H14O2. The Balaban J connectivity index is 3.27. The second-order valence-electron chi connectivity index (χ2n) is 3.26. The van der Waals surface area contributed by atoms with Crippen LogP contribution in [0.15, 0.2) is 36.6 Å². The van der Waals surface area contributed by atoms with E-state index in [1.54, 1.807) is 6.07 Å². The molecule has 2 heteroatoms. The number of rotatable bonds is 2. The van der Waals surface area contributed by atoms with E-state index in [2.05, 4.69) is 6.58 Å². The standard InChI is InChI=1S/C12H14O2/c1-4-11(13)12(14)10-6-5-8(2)7-9(10)3/h4-7,13-14H,1H2,2-3H3/b12-11-. The average molecular weight is 190 g/mol. The first kappa shape index (κ1) is 10.4. The number of aliphatic hydroxyl groups excluding tert-OH is 2. The number of aryl methyl sites for hydroxylation is 2. The van der Waals surface area contributed by atoms with Gasteiger partial charge in [0.25, 0.3) is 0 Å². The fourth-order valence-electron chi connectivity index (χ4n) is 1.31. The molecule has 0 aliphatic heterocycles. The first-order valence-electron chi connectivity index (χ1n) is 4.38. The van der Waals surface area contributed by atoms with E-state index < -0.39 is 0 Å². The van der Waals surface area contributed by atoms with E-state index in [0.717, 1.165) is 11.1 Å². The van der Waals surface area contributed by atoms with Gasteiger partial charge >= 0.3 is 0 Å². The monoisotopic (exact) mass is 190 g/mol. The Kier molecular flexibility index (Phi) is 2.97. The highest BCUT2D eigenvalue weighted by Gasteiger charge is 2.06. The highest BCUT2D eigenvalue weighted by atomic mass is 16.3. The Morgan fingerprint density at radius 1 is 1.29 bits per heavy atom. The van der Waals surface area contributed by atoms with Crippen LogP contribution in [0, 0.1) is 13.8 Å². The van der Waals surface area contributed by atoms with E-state index in [1.165, 1.54) is 6.08 Å². The Bertz CT molecular complexity index is 389. The van der Waals surface area contributed by atoms with Crippen molar-refractivity contribution in [3.05, 3.63) is 53.3 Å². The number of hydrogen-bond donors (Lipinski definition) is 2. The SMILES string of the molecule is C=C/C(O)=C(/O)c1ccc(C)cc1C. The number of benzene rings is 1. The maximum absolute atomic E-state index is 9.62. The molecule has 0 bridgehead atoms. The molecule has 14 heavy (non-hydrogen) atoms. The summed E-state index contributed by atoms with van der Waals surface area (Å²) in [5.74, 6) is -0.325. The van der Waals surface area contributed by atoms with Crippen LogP contribution in [0.5, 0.6) is 0 Å². The second kappa shape index (κ2) is 4.01. The van der Waals surface area contributed by atoms with E-state index in [9.17, 15) is 10.2 Å². The highest BCUT2D eigenvalue weighted by Crippen LogP contribution is 2.20. The minimum Gasteiger partial charge on any atom is -0.504 e. The quantitative estimate of drug-likeness (QED) is 0.555. The molecule has 0 aliphatic carbocycles. The minimum absolute atomic E-state index is 0.127. The van der Waals surface area contributed by atoms with Crippen molar-refractivity contribution in [2.45, 2.75) is 13.8 Å². The maximum atomic E-state index is 9.62. The smallest absolute Gasteiger partial charge is 0.165 e. The molecule has 0 amide bonds. The van der Waals surface area contributed by atoms with Gasteiger partial charge in [-0.3, -0.25) is 0 Å². The largest absolute Gasteiger partial charge is 0.504 e. The summed E-state index contributed by atoms with van der Waals surface area (Å²) in [5, 5.41) is 18.9. The zero-order valence-corrected chi connectivity index (χ0v) is 8.41. The summed E-state index contributed by atoms with van der Waals surface area (Å²) < 4.78 is 0. The third-order valence-corrected chi connectivity index (χ3v) is 2.07. The van der Waals surface area contributed by atoms with Crippen molar-refractivity contribution in [2.24, 2.45) is 0 Å². The zero-order chi connectivity index (χ0) is 10.7. The Morgan fingerprint density at radius 2 is 1.93 bits per heavy atom. The molecule has 74 valence electrons. The molecule has 0 spiro atoms. The average Bonchev–Trinajstić information content (AvgIpc) is 2.15. The summed E-state index contributed by atoms with van der Waals surface area (Å²) in [4.78, 5) is 0. The van der Waals surface area contributed by atoms with Crippen LogP contribution in [0.25, 0.3) is 5.76 Å². The van der Waals surface area contributed by atoms with Crippen LogP contribution in [-0.2, 0) is 0 Å². The molecule has 1 aromatic rings. The molecule has 2 N–H and O–H groups in total. The van der Waals surface area contributed by atoms with Gasteiger partial charge in [0.15, 0.2) is 11.5 Å². The van der Waals surface area contributed by atoms with E-state index >= 15 is 0 Å². The lowest BCUT2D eigenvalue weighted by Crippen LogP contribution is -1.92. The molecule has 1 aromatic carbocycles. The number of hydrogen-bond acceptors (Lipinski definition) is 2. The van der Waals surface area contributed by atoms with Gasteiger partial charge in [-0.05, 0) is 25.5 Å². The van der Waals surface area contributed by atoms with Gasteiger partial charge in [0.1, 0.15) is 0 Å². The van der Waals surface area contributed by atoms with Crippen molar-refractivity contribution in [3.63, 3.8) is 0 Å². The van der Waals surface area contributed by atoms with E-state index in [-0.39, 0.29) is 11.5 Å². The van der Waals surface area contributed by atoms with Crippen molar-refractivity contribution >= 4 is 5.76 Å². The molecule has 0 saturated heterocycles. The van der Waals surface area contributed by atoms with Crippen molar-refractivity contribution < 1.29 is 10.2 Å². The first-order valence-corrected chi connectivity index (χ1v) is 4.38. The molecule has 1 rings (SSSR count). The fraction of sp³-hybridized carbons (Fsp3) is 0.167. The van der Waals surface area contributed by atoms with Crippen molar-refractivity contribution in [1.29, 1.82) is 0 Å². The summed E-state index contributed by atoms with van der Waals surface area (Å²) in [6.45, 7) is 7.25. The lowest BCUT2D eigenvalue weighted by molar-refractivity contribution is 0.398. The van der Waals surface area contributed by atoms with E-state index in [4.69, 9.17) is 0 Å². The molecule has 0 fully saturated rings. The van der Waals surface area contributed by atoms with Crippen LogP contribution in [0.2, 0.25) is 0 Å². The summed E-state index contributed by atoms with van der Waals surface area (Å²) in [5.41, 5.74) is 2.68. The van der Waals surface area contributed by atoms with Crippen LogP contribution in [-0.4, -0.2) is 10.2 Å². The molecule has 0 saturated carbocycles. The summed E-state index contributed by atoms with van der Waals surface area (Å²) in [7, 11) is 0. The normalized spacial score (nSPS) is 12.1. The zero-order valence-electron chi connectivity index (χ0n) is 8.41. The second-order valence-corrected chi connectivity index (χ2v) is 3.26. The number of allylic oxidation sites excluding steroid dienone is 1. The Hall–Kier alpha value is -1.70. The van der Waals surface area contributed by atoms with Gasteiger partial charge in [0.05, 0.1) is 0 Å². The predicted molar refractivity (Wildman–Crippen MR) is 58.3 cm³/mol. The van der Waals surface area contributed by atoms with Gasteiger partial charge < -0.3 is 10.2 Å². The van der Waals surface area contributed by atoms with Gasteiger partial charge in [0, 0.05) is 5.56 Å². The number of aliphatic hydroxyl groups is 2. The van der Waals surface area contributed by atoms with Crippen LogP contribution in [0.3, 0.4) is 0 Å². The molecule has 0 aliphatic rings. The molecule has 0 radical (unpaired) electrons. The van der Waals surface area contributed by atoms with Gasteiger partial charge in [-0.2, -0.15) is 0 Å². The van der Waals surface area contributed by atoms with Crippen molar-refractivity contribution in [1.82, 2.24) is 0 Å². The summed E-state index contributed by atoms with van der Waals surface area (Å²) in [6.07, 6.45) is 1.22. The van der Waals surface area contributed by atoms with Crippen LogP contribution >= 0.6 is 0 Å². The van der Waals surface area contributed by atoms with E-state index in [0.29, 0.717) is 5.56 Å². The van der Waals surface area contributed by atoms with Gasteiger partial charge in [-0.1, -0.05) is 30.3 Å². The first-order chi connectivity index (χ1) is 6.56. The molecule has 0 heterocycles. The third-order valence-electron chi connectivity index (χ3n) is 2.07. The lowest BCUT2D eigenvalue weighted by atomic mass is 10.0. The molecule has 2 nitrogen and oxygen atoms in total. The van der Waals surface area contributed by atoms with Gasteiger partial charge in [0.2, 0.25) is 0 Å². The van der Waals surface area contributed by atoms with Gasteiger partial charge in [-0.25, -0.2) is 0 Å². The topological polar surface area (TPSA) is 40.5 Å². The van der Waals surface area contributed by atoms with Crippen LogP contribution in [0.4, 0.5) is 0 Å².